The maximum atomic E-state index is 11.8. The van der Waals surface area contributed by atoms with Crippen LogP contribution in [0.4, 0.5) is 0 Å². The van der Waals surface area contributed by atoms with Crippen LogP contribution < -0.4 is 0 Å². The van der Waals surface area contributed by atoms with Crippen LogP contribution in [-0.4, -0.2) is 320 Å². The minimum atomic E-state index is -2.15. The lowest BCUT2D eigenvalue weighted by molar-refractivity contribution is -0.405. The SMILES string of the molecule is OC[C@H]1O[C@@H]2O[C@H]3[C@H](O)[C@@H](O)[C@@H](O[C@H]4[C@H](O)[C@@H](O)[C@@H](O[C@H]5[C@H](O)[C@@H](O)[C@@H](O[C@H]6[C@H](O)[C@@H](O)[C@@H](O[C@H]7[C@H](O)[C@@H](O)[C@@H](O[C@@H]1[C@H](OCn1ccnc1)[C@H]2O)O[C@@H]7CO)O[C@@H]6CO)O[C@@H]5CO)O[C@@H]4CO)O[C@@H]3CO. The molecular formula is C40H64N2O30. The van der Waals surface area contributed by atoms with E-state index in [-0.39, 0.29) is 6.73 Å². The third-order valence-electron chi connectivity index (χ3n) is 13.6. The first-order valence-corrected chi connectivity index (χ1v) is 23.1. The molecule has 32 heteroatoms. The predicted molar refractivity (Wildman–Crippen MR) is 217 cm³/mol. The number of imidazole rings is 1. The van der Waals surface area contributed by atoms with Gasteiger partial charge in [-0.05, 0) is 0 Å². The van der Waals surface area contributed by atoms with Gasteiger partial charge in [-0.1, -0.05) is 0 Å². The van der Waals surface area contributed by atoms with Crippen LogP contribution in [0.25, 0.3) is 0 Å². The topological polar surface area (TPSA) is 482 Å². The normalized spacial score (nSPS) is 51.7. The first-order valence-electron chi connectivity index (χ1n) is 23.1. The van der Waals surface area contributed by atoms with E-state index in [1.165, 1.54) is 23.3 Å². The average Bonchev–Trinajstić information content (AvgIpc) is 3.91. The van der Waals surface area contributed by atoms with Crippen molar-refractivity contribution in [3.8, 4) is 0 Å². The Hall–Kier alpha value is -1.99. The molecule has 17 N–H and O–H groups in total. The van der Waals surface area contributed by atoms with Gasteiger partial charge in [0.05, 0.1) is 46.0 Å². The molecule has 23 heterocycles. The predicted octanol–water partition coefficient (Wildman–Crippen LogP) is -12.2. The molecule has 1 aromatic heterocycles. The zero-order valence-corrected chi connectivity index (χ0v) is 37.8. The fraction of sp³-hybridized carbons (Fsp3) is 0.925. The molecule has 22 saturated heterocycles. The van der Waals surface area contributed by atoms with E-state index in [2.05, 4.69) is 4.98 Å². The summed E-state index contributed by atoms with van der Waals surface area (Å²) in [6.45, 7) is -6.28. The van der Waals surface area contributed by atoms with Crippen LogP contribution in [0, 0.1) is 0 Å². The molecule has 0 spiro atoms. The van der Waals surface area contributed by atoms with E-state index in [0.29, 0.717) is 0 Å². The molecule has 22 aliphatic rings. The smallest absolute Gasteiger partial charge is 0.187 e. The Bertz CT molecular complexity index is 1800. The standard InChI is InChI=1S/C40H64N2O30/c43-3-11-28-17(49)22(54)35(61-11)68-29-12(4-44)63-37(24(56)19(29)51)70-31-14(6-46)65-39(26(58)21(31)53)72-33-16(8-48)66-40(27(59)34(33)60-10-42-2-1-41-9-42)71-32-15(7-47)64-38(25(57)20(32)52)69-30-13(5-45)62-36(67-28)23(55)18(30)50/h1-2,9,11-40,43-59H,3-8,10H2/t11-,12-,13-,14-,15-,16-,17-,18-,19-,20-,21-,22-,23-,24-,25-,26-,27-,28-,29-,30-,31-,32-,33+,34-,35-,36-,37-,38-,39-,40-/m1/s1. The molecule has 414 valence electrons. The van der Waals surface area contributed by atoms with Crippen LogP contribution in [0.2, 0.25) is 0 Å². The fourth-order valence-electron chi connectivity index (χ4n) is 9.64. The highest BCUT2D eigenvalue weighted by atomic mass is 16.8. The van der Waals surface area contributed by atoms with Gasteiger partial charge in [0.25, 0.3) is 0 Å². The lowest BCUT2D eigenvalue weighted by Crippen LogP contribution is -2.69. The third-order valence-corrected chi connectivity index (χ3v) is 13.6. The van der Waals surface area contributed by atoms with Crippen molar-refractivity contribution in [2.75, 3.05) is 39.6 Å². The van der Waals surface area contributed by atoms with Gasteiger partial charge in [0.15, 0.2) is 37.7 Å². The van der Waals surface area contributed by atoms with Gasteiger partial charge in [0, 0.05) is 12.4 Å². The maximum Gasteiger partial charge on any atom is 0.187 e. The van der Waals surface area contributed by atoms with Crippen molar-refractivity contribution in [1.82, 2.24) is 9.55 Å². The Morgan fingerprint density at radius 3 is 0.833 bits per heavy atom. The van der Waals surface area contributed by atoms with Crippen LogP contribution in [0.3, 0.4) is 0 Å². The van der Waals surface area contributed by atoms with Gasteiger partial charge in [-0.2, -0.15) is 0 Å². The second-order valence-electron chi connectivity index (χ2n) is 18.2. The van der Waals surface area contributed by atoms with Crippen molar-refractivity contribution in [3.63, 3.8) is 0 Å². The van der Waals surface area contributed by atoms with Gasteiger partial charge < -0.3 is 153 Å². The van der Waals surface area contributed by atoms with Crippen LogP contribution in [0.5, 0.6) is 0 Å². The zero-order valence-electron chi connectivity index (χ0n) is 37.8. The zero-order chi connectivity index (χ0) is 51.9. The summed E-state index contributed by atoms with van der Waals surface area (Å²) < 4.78 is 76.9. The van der Waals surface area contributed by atoms with E-state index in [0.717, 1.165) is 0 Å². The van der Waals surface area contributed by atoms with E-state index < -0.39 is 224 Å². The minimum Gasteiger partial charge on any atom is -0.394 e. The molecule has 12 bridgehead atoms. The number of aromatic nitrogens is 2. The molecular weight excluding hydrogens is 988 g/mol. The summed E-state index contributed by atoms with van der Waals surface area (Å²) in [5.41, 5.74) is 0. The number of hydrogen-bond acceptors (Lipinski definition) is 31. The van der Waals surface area contributed by atoms with Gasteiger partial charge >= 0.3 is 0 Å². The molecule has 1 aromatic rings. The fourth-order valence-corrected chi connectivity index (χ4v) is 9.64. The third kappa shape index (κ3) is 11.1. The first-order chi connectivity index (χ1) is 34.5. The van der Waals surface area contributed by atoms with Crippen molar-refractivity contribution in [2.24, 2.45) is 0 Å². The number of ether oxygens (including phenoxy) is 13. The number of rotatable bonds is 9. The van der Waals surface area contributed by atoms with E-state index in [1.54, 1.807) is 0 Å². The van der Waals surface area contributed by atoms with Crippen molar-refractivity contribution >= 4 is 0 Å². The van der Waals surface area contributed by atoms with Crippen molar-refractivity contribution in [2.45, 2.75) is 191 Å². The van der Waals surface area contributed by atoms with E-state index in [9.17, 15) is 86.8 Å². The molecule has 0 amide bonds. The molecule has 0 radical (unpaired) electrons. The summed E-state index contributed by atoms with van der Waals surface area (Å²) in [6, 6.07) is 0. The van der Waals surface area contributed by atoms with Crippen LogP contribution in [0.15, 0.2) is 18.7 Å². The molecule has 0 unspecified atom stereocenters. The summed E-state index contributed by atoms with van der Waals surface area (Å²) in [5.74, 6) is 0. The summed E-state index contributed by atoms with van der Waals surface area (Å²) >= 11 is 0. The molecule has 30 atom stereocenters. The van der Waals surface area contributed by atoms with E-state index in [4.69, 9.17) is 61.6 Å². The lowest BCUT2D eigenvalue weighted by Gasteiger charge is -2.51. The Morgan fingerprint density at radius 1 is 0.333 bits per heavy atom. The largest absolute Gasteiger partial charge is 0.394 e. The van der Waals surface area contributed by atoms with Crippen LogP contribution in [-0.2, 0) is 68.3 Å². The molecule has 0 aliphatic carbocycles. The van der Waals surface area contributed by atoms with Gasteiger partial charge in [-0.3, -0.25) is 0 Å². The maximum absolute atomic E-state index is 11.8. The average molecular weight is 1050 g/mol. The summed E-state index contributed by atoms with van der Waals surface area (Å²) in [7, 11) is 0. The highest BCUT2D eigenvalue weighted by molar-refractivity contribution is 5.01. The molecule has 23 rings (SSSR count). The quantitative estimate of drug-likeness (QED) is 0.109. The first kappa shape index (κ1) is 56.2. The van der Waals surface area contributed by atoms with Crippen LogP contribution >= 0.6 is 0 Å². The molecule has 22 fully saturated rings. The second kappa shape index (κ2) is 24.1. The van der Waals surface area contributed by atoms with Crippen molar-refractivity contribution in [1.29, 1.82) is 0 Å². The Balaban J connectivity index is 1.12. The molecule has 0 aromatic carbocycles. The number of nitrogens with zero attached hydrogens (tertiary/aromatic N) is 2. The summed E-state index contributed by atoms with van der Waals surface area (Å²) in [6.07, 6.45) is -53.3. The summed E-state index contributed by atoms with van der Waals surface area (Å²) in [4.78, 5) is 3.93. The van der Waals surface area contributed by atoms with Gasteiger partial charge in [0.1, 0.15) is 153 Å². The van der Waals surface area contributed by atoms with Crippen molar-refractivity contribution < 1.29 is 148 Å². The molecule has 32 nitrogen and oxygen atoms in total. The monoisotopic (exact) mass is 1050 g/mol. The van der Waals surface area contributed by atoms with Gasteiger partial charge in [-0.15, -0.1) is 0 Å². The second-order valence-corrected chi connectivity index (χ2v) is 18.2. The van der Waals surface area contributed by atoms with Crippen molar-refractivity contribution in [3.05, 3.63) is 18.7 Å². The van der Waals surface area contributed by atoms with Gasteiger partial charge in [-0.25, -0.2) is 4.98 Å². The van der Waals surface area contributed by atoms with Crippen LogP contribution in [0.1, 0.15) is 0 Å². The lowest BCUT2D eigenvalue weighted by atomic mass is 9.94. The molecule has 0 saturated carbocycles. The molecule has 22 aliphatic heterocycles. The van der Waals surface area contributed by atoms with E-state index >= 15 is 0 Å². The minimum absolute atomic E-state index is 0.367. The number of aliphatic hydroxyl groups is 17. The highest BCUT2D eigenvalue weighted by Crippen LogP contribution is 2.38. The Morgan fingerprint density at radius 2 is 0.583 bits per heavy atom. The Kier molecular flexibility index (Phi) is 18.8. The highest BCUT2D eigenvalue weighted by Gasteiger charge is 2.59. The summed E-state index contributed by atoms with van der Waals surface area (Å²) in [5, 5.41) is 188. The van der Waals surface area contributed by atoms with E-state index in [1.807, 2.05) is 0 Å². The Labute approximate surface area is 407 Å². The number of hydrogen-bond donors (Lipinski definition) is 17. The number of aliphatic hydroxyl groups excluding tert-OH is 17. The van der Waals surface area contributed by atoms with Gasteiger partial charge in [0.2, 0.25) is 0 Å². The molecule has 72 heavy (non-hydrogen) atoms.